The van der Waals surface area contributed by atoms with Gasteiger partial charge in [0.2, 0.25) is 0 Å². The lowest BCUT2D eigenvalue weighted by Gasteiger charge is -2.45. The smallest absolute Gasteiger partial charge is 0.309 e. The summed E-state index contributed by atoms with van der Waals surface area (Å²) in [5, 5.41) is 0. The monoisotopic (exact) mass is 264 g/mol. The second kappa shape index (κ2) is 4.26. The topological polar surface area (TPSA) is 35.5 Å². The van der Waals surface area contributed by atoms with E-state index in [0.29, 0.717) is 11.8 Å². The van der Waals surface area contributed by atoms with Crippen molar-refractivity contribution < 1.29 is 14.3 Å². The van der Waals surface area contributed by atoms with Gasteiger partial charge in [-0.2, -0.15) is 0 Å². The molecule has 19 heavy (non-hydrogen) atoms. The van der Waals surface area contributed by atoms with Crippen molar-refractivity contribution in [2.24, 2.45) is 23.2 Å². The molecular weight excluding hydrogens is 240 g/mol. The fraction of sp³-hybridized carbons (Fsp3) is 0.812. The summed E-state index contributed by atoms with van der Waals surface area (Å²) in [6.07, 6.45) is 4.26. The molecule has 3 nitrogen and oxygen atoms in total. The Hall–Kier alpha value is -0.990. The van der Waals surface area contributed by atoms with Crippen molar-refractivity contribution >= 4 is 5.97 Å². The van der Waals surface area contributed by atoms with Gasteiger partial charge in [-0.1, -0.05) is 27.4 Å². The third-order valence-electron chi connectivity index (χ3n) is 5.63. The molecule has 3 heteroatoms. The molecule has 4 aliphatic rings. The lowest BCUT2D eigenvalue weighted by molar-refractivity contribution is -0.149. The highest BCUT2D eigenvalue weighted by atomic mass is 16.6. The van der Waals surface area contributed by atoms with Gasteiger partial charge in [0.25, 0.3) is 0 Å². The van der Waals surface area contributed by atoms with Crippen molar-refractivity contribution in [1.82, 2.24) is 0 Å². The number of ether oxygens (including phenoxy) is 2. The Kier molecular flexibility index (Phi) is 2.91. The summed E-state index contributed by atoms with van der Waals surface area (Å²) in [6, 6.07) is 0. The van der Waals surface area contributed by atoms with E-state index in [4.69, 9.17) is 9.47 Å². The number of carbonyl (C=O) groups excluding carboxylic acids is 1. The van der Waals surface area contributed by atoms with E-state index in [1.54, 1.807) is 0 Å². The third-order valence-corrected chi connectivity index (χ3v) is 5.63. The maximum absolute atomic E-state index is 11.8. The summed E-state index contributed by atoms with van der Waals surface area (Å²) >= 11 is 0. The summed E-state index contributed by atoms with van der Waals surface area (Å²) < 4.78 is 11.8. The van der Waals surface area contributed by atoms with Gasteiger partial charge < -0.3 is 9.47 Å². The molecule has 106 valence electrons. The molecule has 0 radical (unpaired) electrons. The molecule has 3 aliphatic carbocycles. The van der Waals surface area contributed by atoms with Crippen LogP contribution in [-0.2, 0) is 14.3 Å². The van der Waals surface area contributed by atoms with E-state index in [1.807, 2.05) is 0 Å². The van der Waals surface area contributed by atoms with Crippen LogP contribution in [0.1, 0.15) is 46.5 Å². The van der Waals surface area contributed by atoms with Crippen LogP contribution in [-0.4, -0.2) is 18.2 Å². The van der Waals surface area contributed by atoms with Gasteiger partial charge in [-0.25, -0.2) is 0 Å². The van der Waals surface area contributed by atoms with Crippen LogP contribution < -0.4 is 0 Å². The Morgan fingerprint density at radius 2 is 2.21 bits per heavy atom. The third kappa shape index (κ3) is 1.89. The first kappa shape index (κ1) is 13.0. The zero-order chi connectivity index (χ0) is 13.8. The van der Waals surface area contributed by atoms with Crippen LogP contribution in [0.5, 0.6) is 0 Å². The van der Waals surface area contributed by atoms with Crippen LogP contribution in [0.25, 0.3) is 0 Å². The van der Waals surface area contributed by atoms with Crippen LogP contribution in [0.3, 0.4) is 0 Å². The minimum atomic E-state index is -0.0191. The standard InChI is InChI=1S/C16H24O3/c1-5-16(3,4)9(2)18-13-10-6-7-11-12(8-10)15(17)19-14(11)13/h10-14H,2,5-8H2,1,3-4H3. The molecule has 5 unspecified atom stereocenters. The average Bonchev–Trinajstić information content (AvgIpc) is 2.67. The Morgan fingerprint density at radius 1 is 1.47 bits per heavy atom. The van der Waals surface area contributed by atoms with Crippen LogP contribution in [0.4, 0.5) is 0 Å². The molecule has 1 saturated heterocycles. The van der Waals surface area contributed by atoms with Gasteiger partial charge in [-0.05, 0) is 25.7 Å². The van der Waals surface area contributed by atoms with Gasteiger partial charge >= 0.3 is 5.97 Å². The zero-order valence-corrected chi connectivity index (χ0v) is 12.1. The molecule has 4 bridgehead atoms. The fourth-order valence-corrected chi connectivity index (χ4v) is 3.76. The maximum Gasteiger partial charge on any atom is 0.309 e. The first-order valence-electron chi connectivity index (χ1n) is 7.50. The van der Waals surface area contributed by atoms with E-state index in [2.05, 4.69) is 27.4 Å². The van der Waals surface area contributed by atoms with Crippen molar-refractivity contribution in [3.05, 3.63) is 12.3 Å². The van der Waals surface area contributed by atoms with E-state index >= 15 is 0 Å². The van der Waals surface area contributed by atoms with E-state index in [0.717, 1.165) is 25.0 Å². The molecule has 0 N–H and O–H groups in total. The van der Waals surface area contributed by atoms with E-state index in [-0.39, 0.29) is 29.5 Å². The van der Waals surface area contributed by atoms with E-state index < -0.39 is 0 Å². The van der Waals surface area contributed by atoms with Gasteiger partial charge in [0.05, 0.1) is 11.7 Å². The van der Waals surface area contributed by atoms with Gasteiger partial charge in [0, 0.05) is 17.3 Å². The van der Waals surface area contributed by atoms with Crippen molar-refractivity contribution in [3.8, 4) is 0 Å². The van der Waals surface area contributed by atoms with Gasteiger partial charge in [0.1, 0.15) is 12.2 Å². The van der Waals surface area contributed by atoms with Crippen molar-refractivity contribution in [3.63, 3.8) is 0 Å². The van der Waals surface area contributed by atoms with Crippen molar-refractivity contribution in [1.29, 1.82) is 0 Å². The fourth-order valence-electron chi connectivity index (χ4n) is 3.76. The summed E-state index contributed by atoms with van der Waals surface area (Å²) in [4.78, 5) is 11.8. The van der Waals surface area contributed by atoms with Crippen molar-refractivity contribution in [2.75, 3.05) is 0 Å². The SMILES string of the molecule is C=C(OC1C2CCC3C(C2)C(=O)OC31)C(C)(C)CC. The van der Waals surface area contributed by atoms with E-state index in [1.165, 1.54) is 6.42 Å². The molecule has 5 atom stereocenters. The highest BCUT2D eigenvalue weighted by molar-refractivity contribution is 5.76. The van der Waals surface area contributed by atoms with Gasteiger partial charge in [0.15, 0.2) is 0 Å². The van der Waals surface area contributed by atoms with E-state index in [9.17, 15) is 4.79 Å². The predicted molar refractivity (Wildman–Crippen MR) is 72.3 cm³/mol. The lowest BCUT2D eigenvalue weighted by Crippen LogP contribution is -2.49. The molecule has 0 spiro atoms. The highest BCUT2D eigenvalue weighted by Gasteiger charge is 2.59. The first-order chi connectivity index (χ1) is 8.94. The number of allylic oxidation sites excluding steroid dienone is 1. The predicted octanol–water partition coefficient (Wildman–Crippen LogP) is 3.29. The second-order valence-electron chi connectivity index (χ2n) is 6.99. The van der Waals surface area contributed by atoms with Crippen LogP contribution in [0.15, 0.2) is 12.3 Å². The Labute approximate surface area is 115 Å². The Balaban J connectivity index is 1.76. The number of rotatable bonds is 4. The molecular formula is C16H24O3. The number of carbonyl (C=O) groups is 1. The summed E-state index contributed by atoms with van der Waals surface area (Å²) in [6.45, 7) is 10.6. The number of esters is 1. The largest absolute Gasteiger partial charge is 0.491 e. The van der Waals surface area contributed by atoms with Crippen LogP contribution >= 0.6 is 0 Å². The molecule has 1 aliphatic heterocycles. The number of hydrogen-bond acceptors (Lipinski definition) is 3. The summed E-state index contributed by atoms with van der Waals surface area (Å²) in [7, 11) is 0. The molecule has 4 fully saturated rings. The molecule has 3 saturated carbocycles. The zero-order valence-electron chi connectivity index (χ0n) is 12.1. The highest BCUT2D eigenvalue weighted by Crippen LogP contribution is 2.53. The summed E-state index contributed by atoms with van der Waals surface area (Å²) in [5.74, 6) is 1.85. The summed E-state index contributed by atoms with van der Waals surface area (Å²) in [5.41, 5.74) is -0.0152. The molecule has 4 rings (SSSR count). The number of hydrogen-bond donors (Lipinski definition) is 0. The molecule has 0 aromatic heterocycles. The minimum Gasteiger partial charge on any atom is -0.491 e. The van der Waals surface area contributed by atoms with Gasteiger partial charge in [-0.15, -0.1) is 0 Å². The van der Waals surface area contributed by atoms with Crippen molar-refractivity contribution in [2.45, 2.75) is 58.7 Å². The van der Waals surface area contributed by atoms with Gasteiger partial charge in [-0.3, -0.25) is 4.79 Å². The molecule has 0 amide bonds. The maximum atomic E-state index is 11.8. The lowest BCUT2D eigenvalue weighted by atomic mass is 9.63. The molecule has 0 aromatic carbocycles. The molecule has 1 heterocycles. The Bertz CT molecular complexity index is 412. The minimum absolute atomic E-state index is 0.00571. The number of fused-ring (bicyclic) bond motifs is 1. The first-order valence-corrected chi connectivity index (χ1v) is 7.50. The Morgan fingerprint density at radius 3 is 2.89 bits per heavy atom. The van der Waals surface area contributed by atoms with Crippen LogP contribution in [0.2, 0.25) is 0 Å². The van der Waals surface area contributed by atoms with Crippen LogP contribution in [0, 0.1) is 23.2 Å². The quantitative estimate of drug-likeness (QED) is 0.577. The normalized spacial score (nSPS) is 40.2. The molecule has 0 aromatic rings. The average molecular weight is 264 g/mol. The second-order valence-corrected chi connectivity index (χ2v) is 6.99.